The van der Waals surface area contributed by atoms with Gasteiger partial charge in [0.15, 0.2) is 11.4 Å². The minimum absolute atomic E-state index is 0.212. The highest BCUT2D eigenvalue weighted by molar-refractivity contribution is 5.67. The van der Waals surface area contributed by atoms with Gasteiger partial charge in [0.2, 0.25) is 0 Å². The summed E-state index contributed by atoms with van der Waals surface area (Å²) in [5, 5.41) is 11.4. The lowest BCUT2D eigenvalue weighted by Crippen LogP contribution is -2.32. The van der Waals surface area contributed by atoms with Crippen molar-refractivity contribution in [2.45, 2.75) is 32.9 Å². The highest BCUT2D eigenvalue weighted by Gasteiger charge is 2.16. The smallest absolute Gasteiger partial charge is 0.407 e. The van der Waals surface area contributed by atoms with Gasteiger partial charge in [-0.3, -0.25) is 0 Å². The fourth-order valence-electron chi connectivity index (χ4n) is 1.31. The Morgan fingerprint density at radius 1 is 1.53 bits per heavy atom. The van der Waals surface area contributed by atoms with Crippen molar-refractivity contribution in [3.8, 4) is 11.8 Å². The SMILES string of the molecule is COc1cc(CNC(=O)OC(C)(C)C)cnc1C#N. The van der Waals surface area contributed by atoms with E-state index in [1.807, 2.05) is 6.07 Å². The Hall–Kier alpha value is -2.29. The Balaban J connectivity index is 2.64. The number of amides is 1. The zero-order valence-electron chi connectivity index (χ0n) is 11.5. The molecule has 6 nitrogen and oxygen atoms in total. The zero-order chi connectivity index (χ0) is 14.5. The number of aromatic nitrogens is 1. The molecule has 0 saturated heterocycles. The largest absolute Gasteiger partial charge is 0.494 e. The molecule has 1 amide bonds. The molecule has 0 aliphatic carbocycles. The molecular weight excluding hydrogens is 246 g/mol. The highest BCUT2D eigenvalue weighted by atomic mass is 16.6. The van der Waals surface area contributed by atoms with Crippen LogP contribution in [0.5, 0.6) is 5.75 Å². The summed E-state index contributed by atoms with van der Waals surface area (Å²) < 4.78 is 10.1. The maximum atomic E-state index is 11.5. The third kappa shape index (κ3) is 4.84. The van der Waals surface area contributed by atoms with Crippen molar-refractivity contribution in [1.29, 1.82) is 5.26 Å². The summed E-state index contributed by atoms with van der Waals surface area (Å²) >= 11 is 0. The minimum atomic E-state index is -0.537. The van der Waals surface area contributed by atoms with Gasteiger partial charge in [-0.25, -0.2) is 9.78 Å². The van der Waals surface area contributed by atoms with Crippen molar-refractivity contribution >= 4 is 6.09 Å². The third-order valence-corrected chi connectivity index (χ3v) is 2.07. The first kappa shape index (κ1) is 14.8. The number of nitriles is 1. The quantitative estimate of drug-likeness (QED) is 0.901. The Morgan fingerprint density at radius 3 is 2.74 bits per heavy atom. The molecule has 0 aliphatic rings. The Kier molecular flexibility index (Phi) is 4.70. The van der Waals surface area contributed by atoms with Crippen molar-refractivity contribution in [2.75, 3.05) is 7.11 Å². The van der Waals surface area contributed by atoms with Gasteiger partial charge in [0.25, 0.3) is 0 Å². The van der Waals surface area contributed by atoms with Crippen LogP contribution in [0.25, 0.3) is 0 Å². The Labute approximate surface area is 112 Å². The first-order chi connectivity index (χ1) is 8.85. The number of rotatable bonds is 3. The van der Waals surface area contributed by atoms with Crippen molar-refractivity contribution in [3.63, 3.8) is 0 Å². The van der Waals surface area contributed by atoms with Crippen LogP contribution in [0.3, 0.4) is 0 Å². The molecule has 0 bridgehead atoms. The molecule has 0 radical (unpaired) electrons. The molecule has 0 spiro atoms. The van der Waals surface area contributed by atoms with Gasteiger partial charge in [-0.2, -0.15) is 5.26 Å². The maximum absolute atomic E-state index is 11.5. The predicted octanol–water partition coefficient (Wildman–Crippen LogP) is 1.99. The average molecular weight is 263 g/mol. The number of nitrogens with one attached hydrogen (secondary N) is 1. The van der Waals surface area contributed by atoms with Gasteiger partial charge in [-0.05, 0) is 32.4 Å². The van der Waals surface area contributed by atoms with E-state index in [-0.39, 0.29) is 12.2 Å². The van der Waals surface area contributed by atoms with E-state index in [2.05, 4.69) is 10.3 Å². The van der Waals surface area contributed by atoms with Crippen molar-refractivity contribution in [2.24, 2.45) is 0 Å². The van der Waals surface area contributed by atoms with Crippen LogP contribution in [-0.2, 0) is 11.3 Å². The number of ether oxygens (including phenoxy) is 2. The molecule has 0 saturated carbocycles. The van der Waals surface area contributed by atoms with Crippen LogP contribution in [0, 0.1) is 11.3 Å². The lowest BCUT2D eigenvalue weighted by Gasteiger charge is -2.19. The topological polar surface area (TPSA) is 84.2 Å². The second-order valence-corrected chi connectivity index (χ2v) is 4.86. The number of carbonyl (C=O) groups is 1. The van der Waals surface area contributed by atoms with Crippen molar-refractivity contribution < 1.29 is 14.3 Å². The summed E-state index contributed by atoms with van der Waals surface area (Å²) in [5.41, 5.74) is 0.398. The van der Waals surface area contributed by atoms with E-state index in [0.29, 0.717) is 5.75 Å². The first-order valence-corrected chi connectivity index (χ1v) is 5.75. The normalized spacial score (nSPS) is 10.5. The van der Waals surface area contributed by atoms with Gasteiger partial charge < -0.3 is 14.8 Å². The van der Waals surface area contributed by atoms with Gasteiger partial charge in [-0.1, -0.05) is 0 Å². The Morgan fingerprint density at radius 2 is 2.21 bits per heavy atom. The van der Waals surface area contributed by atoms with E-state index in [4.69, 9.17) is 14.7 Å². The maximum Gasteiger partial charge on any atom is 0.407 e. The summed E-state index contributed by atoms with van der Waals surface area (Å²) in [6.45, 7) is 5.63. The third-order valence-electron chi connectivity index (χ3n) is 2.07. The van der Waals surface area contributed by atoms with E-state index in [1.54, 1.807) is 26.8 Å². The van der Waals surface area contributed by atoms with Crippen molar-refractivity contribution in [3.05, 3.63) is 23.5 Å². The zero-order valence-corrected chi connectivity index (χ0v) is 11.5. The summed E-state index contributed by atoms with van der Waals surface area (Å²) in [4.78, 5) is 15.4. The molecule has 1 aromatic rings. The van der Waals surface area contributed by atoms with Crippen LogP contribution in [0.2, 0.25) is 0 Å². The number of hydrogen-bond acceptors (Lipinski definition) is 5. The van der Waals surface area contributed by atoms with Gasteiger partial charge in [0, 0.05) is 12.7 Å². The molecule has 1 aromatic heterocycles. The van der Waals surface area contributed by atoms with Crippen LogP contribution in [0.15, 0.2) is 12.3 Å². The standard InChI is InChI=1S/C13H17N3O3/c1-13(2,3)19-12(17)16-8-9-5-11(18-4)10(6-14)15-7-9/h5,7H,8H2,1-4H3,(H,16,17). The molecule has 0 aromatic carbocycles. The van der Waals surface area contributed by atoms with Gasteiger partial charge >= 0.3 is 6.09 Å². The second kappa shape index (κ2) is 6.05. The summed E-state index contributed by atoms with van der Waals surface area (Å²) in [7, 11) is 1.46. The number of pyridine rings is 1. The molecule has 6 heteroatoms. The fraction of sp³-hybridized carbons (Fsp3) is 0.462. The number of nitrogens with zero attached hydrogens (tertiary/aromatic N) is 2. The molecule has 0 aliphatic heterocycles. The number of alkyl carbamates (subject to hydrolysis) is 1. The molecule has 1 heterocycles. The van der Waals surface area contributed by atoms with Gasteiger partial charge in [0.05, 0.1) is 7.11 Å². The van der Waals surface area contributed by atoms with Gasteiger partial charge in [0.1, 0.15) is 11.7 Å². The monoisotopic (exact) mass is 263 g/mol. The summed E-state index contributed by atoms with van der Waals surface area (Å²) in [5.74, 6) is 0.381. The van der Waals surface area contributed by atoms with Crippen LogP contribution < -0.4 is 10.1 Å². The van der Waals surface area contributed by atoms with E-state index in [9.17, 15) is 4.79 Å². The molecule has 0 fully saturated rings. The Bertz CT molecular complexity index is 501. The van der Waals surface area contributed by atoms with E-state index in [0.717, 1.165) is 5.56 Å². The van der Waals surface area contributed by atoms with Crippen LogP contribution in [0.4, 0.5) is 4.79 Å². The summed E-state index contributed by atoms with van der Waals surface area (Å²) in [6, 6.07) is 3.58. The number of hydrogen-bond donors (Lipinski definition) is 1. The van der Waals surface area contributed by atoms with E-state index >= 15 is 0 Å². The number of methoxy groups -OCH3 is 1. The second-order valence-electron chi connectivity index (χ2n) is 4.86. The van der Waals surface area contributed by atoms with Crippen molar-refractivity contribution in [1.82, 2.24) is 10.3 Å². The molecule has 0 atom stereocenters. The summed E-state index contributed by atoms with van der Waals surface area (Å²) in [6.07, 6.45) is 1.01. The first-order valence-electron chi connectivity index (χ1n) is 5.75. The molecular formula is C13H17N3O3. The highest BCUT2D eigenvalue weighted by Crippen LogP contribution is 2.16. The van der Waals surface area contributed by atoms with Crippen LogP contribution in [-0.4, -0.2) is 23.8 Å². The molecule has 19 heavy (non-hydrogen) atoms. The van der Waals surface area contributed by atoms with Gasteiger partial charge in [-0.15, -0.1) is 0 Å². The lowest BCUT2D eigenvalue weighted by atomic mass is 10.2. The molecule has 0 unspecified atom stereocenters. The van der Waals surface area contributed by atoms with E-state index in [1.165, 1.54) is 13.3 Å². The molecule has 1 N–H and O–H groups in total. The molecule has 1 rings (SSSR count). The minimum Gasteiger partial charge on any atom is -0.494 e. The number of carbonyl (C=O) groups excluding carboxylic acids is 1. The average Bonchev–Trinajstić information content (AvgIpc) is 2.33. The fourth-order valence-corrected chi connectivity index (χ4v) is 1.31. The lowest BCUT2D eigenvalue weighted by molar-refractivity contribution is 0.0523. The predicted molar refractivity (Wildman–Crippen MR) is 68.6 cm³/mol. The molecule has 102 valence electrons. The van der Waals surface area contributed by atoms with Crippen LogP contribution >= 0.6 is 0 Å². The van der Waals surface area contributed by atoms with Crippen LogP contribution in [0.1, 0.15) is 32.0 Å². The van der Waals surface area contributed by atoms with E-state index < -0.39 is 11.7 Å².